The van der Waals surface area contributed by atoms with E-state index < -0.39 is 0 Å². The molecule has 0 radical (unpaired) electrons. The number of thioether (sulfide) groups is 1. The number of hydrogen-bond donors (Lipinski definition) is 0. The van der Waals surface area contributed by atoms with Gasteiger partial charge in [0.1, 0.15) is 11.8 Å². The third-order valence-corrected chi connectivity index (χ3v) is 6.92. The predicted molar refractivity (Wildman–Crippen MR) is 127 cm³/mol. The zero-order chi connectivity index (χ0) is 23.5. The number of aromatic nitrogens is 2. The molecule has 1 amide bonds. The van der Waals surface area contributed by atoms with Crippen LogP contribution in [-0.4, -0.2) is 46.8 Å². The second kappa shape index (κ2) is 9.74. The molecule has 1 aromatic carbocycles. The van der Waals surface area contributed by atoms with Crippen molar-refractivity contribution in [2.75, 3.05) is 20.0 Å². The van der Waals surface area contributed by atoms with E-state index in [4.69, 9.17) is 18.3 Å². The monoisotopic (exact) mass is 496 g/mol. The minimum absolute atomic E-state index is 0.0893. The van der Waals surface area contributed by atoms with Crippen LogP contribution in [0.5, 0.6) is 11.5 Å². The molecule has 1 aliphatic heterocycles. The first kappa shape index (κ1) is 22.2. The van der Waals surface area contributed by atoms with Crippen molar-refractivity contribution in [3.63, 3.8) is 0 Å². The summed E-state index contributed by atoms with van der Waals surface area (Å²) in [5.41, 5.74) is 1.55. The van der Waals surface area contributed by atoms with Gasteiger partial charge in [0.2, 0.25) is 5.89 Å². The molecule has 9 nitrogen and oxygen atoms in total. The predicted octanol–water partition coefficient (Wildman–Crippen LogP) is 4.88. The zero-order valence-corrected chi connectivity index (χ0v) is 20.0. The van der Waals surface area contributed by atoms with Crippen molar-refractivity contribution >= 4 is 34.7 Å². The number of rotatable bonds is 8. The summed E-state index contributed by atoms with van der Waals surface area (Å²) >= 11 is 2.76. The highest BCUT2D eigenvalue weighted by Gasteiger charge is 2.35. The van der Waals surface area contributed by atoms with Crippen molar-refractivity contribution in [2.45, 2.75) is 17.7 Å². The fourth-order valence-electron chi connectivity index (χ4n) is 3.58. The van der Waals surface area contributed by atoms with Crippen LogP contribution in [0, 0.1) is 0 Å². The highest BCUT2D eigenvalue weighted by atomic mass is 32.2. The minimum atomic E-state index is -0.287. The number of thiophene rings is 1. The van der Waals surface area contributed by atoms with Crippen LogP contribution in [-0.2, 0) is 4.79 Å². The highest BCUT2D eigenvalue weighted by Crippen LogP contribution is 2.36. The average Bonchev–Trinajstić information content (AvgIpc) is 3.68. The summed E-state index contributed by atoms with van der Waals surface area (Å²) in [6.07, 6.45) is 2.19. The first-order valence-electron chi connectivity index (χ1n) is 10.3. The summed E-state index contributed by atoms with van der Waals surface area (Å²) in [5.74, 6) is 2.09. The molecule has 11 heteroatoms. The van der Waals surface area contributed by atoms with Gasteiger partial charge in [0.25, 0.3) is 11.1 Å². The van der Waals surface area contributed by atoms with Crippen molar-refractivity contribution in [2.24, 2.45) is 5.10 Å². The summed E-state index contributed by atoms with van der Waals surface area (Å²) in [7, 11) is 3.13. The first-order chi connectivity index (χ1) is 16.7. The fraction of sp³-hybridized carbons (Fsp3) is 0.217. The number of ether oxygens (including phenoxy) is 2. The standard InChI is InChI=1S/C23H20N4O5S2/c1-29-18-8-7-14(11-19(18)30-2)22-24-25-23(32-22)34-13-21(28)27-16(17-5-3-9-31-17)12-15(26-27)20-6-4-10-33-20/h3-11,16H,12-13H2,1-2H3. The third-order valence-electron chi connectivity index (χ3n) is 5.20. The van der Waals surface area contributed by atoms with E-state index in [1.165, 1.54) is 5.01 Å². The Morgan fingerprint density at radius 3 is 2.79 bits per heavy atom. The molecule has 4 aromatic rings. The second-order valence-corrected chi connectivity index (χ2v) is 9.10. The Morgan fingerprint density at radius 1 is 1.18 bits per heavy atom. The number of hydrazone groups is 1. The Bertz CT molecular complexity index is 1300. The van der Waals surface area contributed by atoms with E-state index >= 15 is 0 Å². The molecule has 0 bridgehead atoms. The molecular formula is C23H20N4O5S2. The van der Waals surface area contributed by atoms with E-state index in [9.17, 15) is 4.79 Å². The molecule has 0 spiro atoms. The van der Waals surface area contributed by atoms with Gasteiger partial charge in [-0.1, -0.05) is 17.8 Å². The number of carbonyl (C=O) groups is 1. The number of furan rings is 1. The Morgan fingerprint density at radius 2 is 2.06 bits per heavy atom. The molecule has 4 heterocycles. The molecule has 0 N–H and O–H groups in total. The van der Waals surface area contributed by atoms with E-state index in [1.54, 1.807) is 50.0 Å². The van der Waals surface area contributed by atoms with Crippen molar-refractivity contribution in [1.82, 2.24) is 15.2 Å². The van der Waals surface area contributed by atoms with Gasteiger partial charge >= 0.3 is 0 Å². The Kier molecular flexibility index (Phi) is 6.37. The van der Waals surface area contributed by atoms with Crippen molar-refractivity contribution in [3.05, 3.63) is 64.7 Å². The summed E-state index contributed by atoms with van der Waals surface area (Å²) in [4.78, 5) is 14.1. The van der Waals surface area contributed by atoms with E-state index in [-0.39, 0.29) is 22.9 Å². The van der Waals surface area contributed by atoms with Crippen LogP contribution < -0.4 is 9.47 Å². The Hall–Kier alpha value is -3.57. The lowest BCUT2D eigenvalue weighted by atomic mass is 10.1. The molecule has 34 heavy (non-hydrogen) atoms. The Balaban J connectivity index is 1.29. The summed E-state index contributed by atoms with van der Waals surface area (Å²) in [6, 6.07) is 12.7. The number of amides is 1. The number of methoxy groups -OCH3 is 2. The first-order valence-corrected chi connectivity index (χ1v) is 12.2. The van der Waals surface area contributed by atoms with Gasteiger partial charge in [0.05, 0.1) is 36.8 Å². The number of hydrogen-bond acceptors (Lipinski definition) is 10. The summed E-state index contributed by atoms with van der Waals surface area (Å²) < 4.78 is 21.9. The van der Waals surface area contributed by atoms with Gasteiger partial charge in [-0.25, -0.2) is 5.01 Å². The maximum Gasteiger partial charge on any atom is 0.277 e. The van der Waals surface area contributed by atoms with Crippen LogP contribution in [0.2, 0.25) is 0 Å². The number of nitrogens with zero attached hydrogens (tertiary/aromatic N) is 4. The number of benzene rings is 1. The smallest absolute Gasteiger partial charge is 0.277 e. The quantitative estimate of drug-likeness (QED) is 0.318. The van der Waals surface area contributed by atoms with Gasteiger partial charge in [-0.05, 0) is 41.8 Å². The molecule has 1 aliphatic rings. The molecule has 1 atom stereocenters. The van der Waals surface area contributed by atoms with Crippen molar-refractivity contribution < 1.29 is 23.1 Å². The largest absolute Gasteiger partial charge is 0.493 e. The number of carbonyl (C=O) groups excluding carboxylic acids is 1. The molecule has 5 rings (SSSR count). The van der Waals surface area contributed by atoms with Crippen LogP contribution in [0.3, 0.4) is 0 Å². The highest BCUT2D eigenvalue weighted by molar-refractivity contribution is 7.99. The van der Waals surface area contributed by atoms with E-state index in [1.807, 2.05) is 29.6 Å². The molecule has 1 unspecified atom stereocenters. The van der Waals surface area contributed by atoms with Crippen LogP contribution in [0.4, 0.5) is 0 Å². The maximum absolute atomic E-state index is 13.1. The summed E-state index contributed by atoms with van der Waals surface area (Å²) in [6.45, 7) is 0. The van der Waals surface area contributed by atoms with Crippen molar-refractivity contribution in [1.29, 1.82) is 0 Å². The molecule has 3 aromatic heterocycles. The van der Waals surface area contributed by atoms with Crippen LogP contribution in [0.25, 0.3) is 11.5 Å². The van der Waals surface area contributed by atoms with E-state index in [2.05, 4.69) is 15.3 Å². The van der Waals surface area contributed by atoms with Gasteiger partial charge in [0.15, 0.2) is 11.5 Å². The van der Waals surface area contributed by atoms with E-state index in [0.29, 0.717) is 35.1 Å². The zero-order valence-electron chi connectivity index (χ0n) is 18.3. The normalized spacial score (nSPS) is 15.4. The molecule has 0 aliphatic carbocycles. The molecule has 0 saturated heterocycles. The van der Waals surface area contributed by atoms with Crippen molar-refractivity contribution in [3.8, 4) is 23.0 Å². The fourth-order valence-corrected chi connectivity index (χ4v) is 4.91. The lowest BCUT2D eigenvalue weighted by Gasteiger charge is -2.19. The Labute approximate surface area is 203 Å². The third kappa shape index (κ3) is 4.44. The SMILES string of the molecule is COc1ccc(-c2nnc(SCC(=O)N3N=C(c4cccs4)CC3c3ccco3)o2)cc1OC. The van der Waals surface area contributed by atoms with E-state index in [0.717, 1.165) is 22.4 Å². The molecular weight excluding hydrogens is 476 g/mol. The average molecular weight is 497 g/mol. The maximum atomic E-state index is 13.1. The topological polar surface area (TPSA) is 103 Å². The lowest BCUT2D eigenvalue weighted by molar-refractivity contribution is -0.130. The van der Waals surface area contributed by atoms with Gasteiger partial charge in [-0.15, -0.1) is 21.5 Å². The molecule has 174 valence electrons. The second-order valence-electron chi connectivity index (χ2n) is 7.23. The lowest BCUT2D eigenvalue weighted by Crippen LogP contribution is -2.28. The van der Waals surface area contributed by atoms with Gasteiger partial charge in [-0.2, -0.15) is 5.10 Å². The molecule has 0 saturated carbocycles. The van der Waals surface area contributed by atoms with Crippen LogP contribution >= 0.6 is 23.1 Å². The summed E-state index contributed by atoms with van der Waals surface area (Å²) in [5, 5.41) is 16.5. The van der Waals surface area contributed by atoms with Gasteiger partial charge < -0.3 is 18.3 Å². The van der Waals surface area contributed by atoms with Crippen LogP contribution in [0.1, 0.15) is 23.1 Å². The van der Waals surface area contributed by atoms with Crippen LogP contribution in [0.15, 0.2) is 73.3 Å². The minimum Gasteiger partial charge on any atom is -0.493 e. The van der Waals surface area contributed by atoms with Gasteiger partial charge in [-0.3, -0.25) is 4.79 Å². The van der Waals surface area contributed by atoms with Gasteiger partial charge in [0, 0.05) is 12.0 Å². The molecule has 0 fully saturated rings.